The van der Waals surface area contributed by atoms with E-state index >= 15 is 0 Å². The van der Waals surface area contributed by atoms with Gasteiger partial charge < -0.3 is 14.8 Å². The molecule has 2 saturated heterocycles. The van der Waals surface area contributed by atoms with Crippen molar-refractivity contribution in [2.45, 2.75) is 25.7 Å². The highest BCUT2D eigenvalue weighted by molar-refractivity contribution is 5.79. The van der Waals surface area contributed by atoms with Gasteiger partial charge in [0.25, 0.3) is 0 Å². The van der Waals surface area contributed by atoms with E-state index in [9.17, 15) is 4.79 Å². The van der Waals surface area contributed by atoms with Gasteiger partial charge >= 0.3 is 0 Å². The molecule has 1 amide bonds. The second-order valence-corrected chi connectivity index (χ2v) is 6.13. The number of likely N-dealkylation sites (tertiary alicyclic amines) is 1. The number of hydrogen-bond donors (Lipinski definition) is 1. The van der Waals surface area contributed by atoms with Crippen molar-refractivity contribution in [3.63, 3.8) is 0 Å². The predicted molar refractivity (Wildman–Crippen MR) is 75.1 cm³/mol. The lowest BCUT2D eigenvalue weighted by Crippen LogP contribution is -2.51. The molecular formula is C14H23N5O. The molecule has 20 heavy (non-hydrogen) atoms. The predicted octanol–water partition coefficient (Wildman–Crippen LogP) is 0.377. The van der Waals surface area contributed by atoms with E-state index in [4.69, 9.17) is 0 Å². The lowest BCUT2D eigenvalue weighted by molar-refractivity contribution is -0.138. The summed E-state index contributed by atoms with van der Waals surface area (Å²) >= 11 is 0. The minimum Gasteiger partial charge on any atom is -0.342 e. The highest BCUT2D eigenvalue weighted by Crippen LogP contribution is 2.27. The van der Waals surface area contributed by atoms with Gasteiger partial charge in [-0.25, -0.2) is 0 Å². The Kier molecular flexibility index (Phi) is 3.74. The first-order valence-electron chi connectivity index (χ1n) is 7.50. The molecule has 0 radical (unpaired) electrons. The number of piperidine rings is 1. The minimum atomic E-state index is 0.134. The molecule has 3 heterocycles. The molecule has 2 unspecified atom stereocenters. The van der Waals surface area contributed by atoms with Gasteiger partial charge in [-0.05, 0) is 31.8 Å². The molecule has 6 nitrogen and oxygen atoms in total. The van der Waals surface area contributed by atoms with Gasteiger partial charge in [0, 0.05) is 32.0 Å². The summed E-state index contributed by atoms with van der Waals surface area (Å²) < 4.78 is 1.97. The lowest BCUT2D eigenvalue weighted by atomic mass is 9.87. The van der Waals surface area contributed by atoms with E-state index < -0.39 is 0 Å². The van der Waals surface area contributed by atoms with Crippen LogP contribution in [0, 0.1) is 11.8 Å². The summed E-state index contributed by atoms with van der Waals surface area (Å²) in [6.45, 7) is 5.70. The summed E-state index contributed by atoms with van der Waals surface area (Å²) in [5, 5.41) is 11.4. The highest BCUT2D eigenvalue weighted by atomic mass is 16.2. The number of aryl methyl sites for hydroxylation is 1. The second kappa shape index (κ2) is 5.52. The quantitative estimate of drug-likeness (QED) is 0.867. The fraction of sp³-hybridized carbons (Fsp3) is 0.786. The number of nitrogens with one attached hydrogen (secondary N) is 1. The first-order valence-corrected chi connectivity index (χ1v) is 7.50. The van der Waals surface area contributed by atoms with Gasteiger partial charge in [-0.15, -0.1) is 10.2 Å². The van der Waals surface area contributed by atoms with Crippen molar-refractivity contribution in [3.05, 3.63) is 12.2 Å². The number of hydrogen-bond acceptors (Lipinski definition) is 4. The largest absolute Gasteiger partial charge is 0.342 e. The number of carbonyl (C=O) groups excluding carboxylic acids is 1. The van der Waals surface area contributed by atoms with Crippen LogP contribution in [0.4, 0.5) is 0 Å². The van der Waals surface area contributed by atoms with Gasteiger partial charge in [-0.2, -0.15) is 0 Å². The standard InChI is InChI=1S/C14H23N5O/c1-10(12-6-15-7-12)14(20)19-5-3-4-11(8-19)13-17-16-9-18(13)2/h9-12,15H,3-8H2,1-2H3. The van der Waals surface area contributed by atoms with E-state index in [-0.39, 0.29) is 5.92 Å². The van der Waals surface area contributed by atoms with E-state index in [1.54, 1.807) is 6.33 Å². The number of carbonyl (C=O) groups is 1. The van der Waals surface area contributed by atoms with Crippen molar-refractivity contribution < 1.29 is 4.79 Å². The van der Waals surface area contributed by atoms with Gasteiger partial charge in [0.2, 0.25) is 5.91 Å². The fourth-order valence-corrected chi connectivity index (χ4v) is 3.20. The average molecular weight is 277 g/mol. The fourth-order valence-electron chi connectivity index (χ4n) is 3.20. The van der Waals surface area contributed by atoms with Crippen molar-refractivity contribution in [1.82, 2.24) is 25.0 Å². The molecule has 2 fully saturated rings. The molecule has 0 aromatic carbocycles. The van der Waals surface area contributed by atoms with Gasteiger partial charge in [-0.1, -0.05) is 6.92 Å². The third kappa shape index (κ3) is 2.44. The maximum Gasteiger partial charge on any atom is 0.225 e. The first-order chi connectivity index (χ1) is 9.66. The zero-order chi connectivity index (χ0) is 14.1. The molecule has 1 N–H and O–H groups in total. The maximum atomic E-state index is 12.6. The number of nitrogens with zero attached hydrogens (tertiary/aromatic N) is 4. The smallest absolute Gasteiger partial charge is 0.225 e. The highest BCUT2D eigenvalue weighted by Gasteiger charge is 2.34. The van der Waals surface area contributed by atoms with E-state index in [1.807, 2.05) is 16.5 Å². The summed E-state index contributed by atoms with van der Waals surface area (Å²) in [7, 11) is 1.97. The van der Waals surface area contributed by atoms with E-state index in [1.165, 1.54) is 0 Å². The summed E-state index contributed by atoms with van der Waals surface area (Å²) in [5.41, 5.74) is 0. The van der Waals surface area contributed by atoms with Crippen molar-refractivity contribution in [2.75, 3.05) is 26.2 Å². The number of amides is 1. The minimum absolute atomic E-state index is 0.134. The van der Waals surface area contributed by atoms with Crippen LogP contribution in [0.5, 0.6) is 0 Å². The molecule has 3 rings (SSSR count). The Hall–Kier alpha value is -1.43. The zero-order valence-corrected chi connectivity index (χ0v) is 12.2. The Morgan fingerprint density at radius 3 is 2.90 bits per heavy atom. The molecule has 2 atom stereocenters. The Morgan fingerprint density at radius 1 is 1.50 bits per heavy atom. The van der Waals surface area contributed by atoms with Crippen molar-refractivity contribution in [3.8, 4) is 0 Å². The summed E-state index contributed by atoms with van der Waals surface area (Å²) in [6, 6.07) is 0. The van der Waals surface area contributed by atoms with Crippen molar-refractivity contribution >= 4 is 5.91 Å². The first kappa shape index (κ1) is 13.5. The number of aromatic nitrogens is 3. The van der Waals surface area contributed by atoms with Gasteiger partial charge in [0.05, 0.1) is 0 Å². The summed E-state index contributed by atoms with van der Waals surface area (Å²) in [6.07, 6.45) is 3.88. The molecule has 0 spiro atoms. The second-order valence-electron chi connectivity index (χ2n) is 6.13. The Balaban J connectivity index is 1.65. The van der Waals surface area contributed by atoms with Gasteiger partial charge in [0.1, 0.15) is 12.2 Å². The van der Waals surface area contributed by atoms with Crippen molar-refractivity contribution in [1.29, 1.82) is 0 Å². The van der Waals surface area contributed by atoms with Crippen LogP contribution in [-0.4, -0.2) is 51.8 Å². The third-order valence-electron chi connectivity index (χ3n) is 4.75. The number of rotatable bonds is 3. The molecule has 6 heteroatoms. The monoisotopic (exact) mass is 277 g/mol. The van der Waals surface area contributed by atoms with Crippen LogP contribution in [0.3, 0.4) is 0 Å². The van der Waals surface area contributed by atoms with Gasteiger partial charge in [0.15, 0.2) is 0 Å². The molecule has 0 aliphatic carbocycles. The topological polar surface area (TPSA) is 63.1 Å². The Labute approximate surface area is 119 Å². The lowest BCUT2D eigenvalue weighted by Gasteiger charge is -2.38. The zero-order valence-electron chi connectivity index (χ0n) is 12.2. The van der Waals surface area contributed by atoms with E-state index in [2.05, 4.69) is 22.4 Å². The molecular weight excluding hydrogens is 254 g/mol. The third-order valence-corrected chi connectivity index (χ3v) is 4.75. The van der Waals surface area contributed by atoms with E-state index in [0.29, 0.717) is 17.7 Å². The van der Waals surface area contributed by atoms with Crippen LogP contribution in [0.15, 0.2) is 6.33 Å². The summed E-state index contributed by atoms with van der Waals surface area (Å²) in [5.74, 6) is 2.28. The molecule has 1 aromatic rings. The maximum absolute atomic E-state index is 12.6. The van der Waals surface area contributed by atoms with E-state index in [0.717, 1.165) is 44.8 Å². The Bertz CT molecular complexity index is 482. The van der Waals surface area contributed by atoms with Gasteiger partial charge in [-0.3, -0.25) is 4.79 Å². The average Bonchev–Trinajstić information content (AvgIpc) is 2.82. The molecule has 0 saturated carbocycles. The van der Waals surface area contributed by atoms with Crippen LogP contribution < -0.4 is 5.32 Å². The SMILES string of the molecule is CC(C(=O)N1CCCC(c2nncn2C)C1)C1CNC1. The Morgan fingerprint density at radius 2 is 2.30 bits per heavy atom. The normalized spacial score (nSPS) is 25.3. The van der Waals surface area contributed by atoms with Crippen LogP contribution in [0.25, 0.3) is 0 Å². The van der Waals surface area contributed by atoms with Crippen LogP contribution in [-0.2, 0) is 11.8 Å². The van der Waals surface area contributed by atoms with Crippen LogP contribution in [0.2, 0.25) is 0 Å². The molecule has 2 aliphatic rings. The van der Waals surface area contributed by atoms with Crippen molar-refractivity contribution in [2.24, 2.45) is 18.9 Å². The molecule has 1 aromatic heterocycles. The van der Waals surface area contributed by atoms with Crippen LogP contribution >= 0.6 is 0 Å². The molecule has 2 aliphatic heterocycles. The molecule has 110 valence electrons. The molecule has 0 bridgehead atoms. The van der Waals surface area contributed by atoms with Crippen LogP contribution in [0.1, 0.15) is 31.5 Å². The summed E-state index contributed by atoms with van der Waals surface area (Å²) in [4.78, 5) is 14.6.